The minimum absolute atomic E-state index is 0.636. The highest BCUT2D eigenvalue weighted by atomic mass is 32.1. The van der Waals surface area contributed by atoms with E-state index < -0.39 is 0 Å². The lowest BCUT2D eigenvalue weighted by Gasteiger charge is -2.24. The summed E-state index contributed by atoms with van der Waals surface area (Å²) < 4.78 is 0. The molecule has 1 aromatic carbocycles. The van der Waals surface area contributed by atoms with E-state index >= 15 is 0 Å². The first-order valence-corrected chi connectivity index (χ1v) is 6.36. The maximum absolute atomic E-state index is 5.48. The van der Waals surface area contributed by atoms with Crippen LogP contribution in [-0.2, 0) is 6.54 Å². The Balaban J connectivity index is 2.58. The van der Waals surface area contributed by atoms with Gasteiger partial charge in [-0.2, -0.15) is 0 Å². The van der Waals surface area contributed by atoms with Gasteiger partial charge in [-0.05, 0) is 18.4 Å². The lowest BCUT2D eigenvalue weighted by molar-refractivity contribution is 0.426. The number of nitrogens with zero attached hydrogens (tertiary/aromatic N) is 1. The number of benzene rings is 1. The monoisotopic (exact) mass is 235 g/mol. The van der Waals surface area contributed by atoms with Gasteiger partial charge < -0.3 is 4.90 Å². The summed E-state index contributed by atoms with van der Waals surface area (Å²) in [4.78, 5) is 3.37. The molecule has 0 heterocycles. The Bertz CT molecular complexity index is 319. The highest BCUT2D eigenvalue weighted by Crippen LogP contribution is 2.10. The van der Waals surface area contributed by atoms with Crippen molar-refractivity contribution < 1.29 is 0 Å². The van der Waals surface area contributed by atoms with Gasteiger partial charge in [0.15, 0.2) is 0 Å². The molecule has 0 unspecified atom stereocenters. The van der Waals surface area contributed by atoms with Crippen LogP contribution in [0.25, 0.3) is 0 Å². The second-order valence-electron chi connectivity index (χ2n) is 4.49. The van der Waals surface area contributed by atoms with Gasteiger partial charge in [0.2, 0.25) is 0 Å². The van der Waals surface area contributed by atoms with E-state index in [2.05, 4.69) is 49.9 Å². The summed E-state index contributed by atoms with van der Waals surface area (Å²) in [6, 6.07) is 10.5. The van der Waals surface area contributed by atoms with E-state index in [1.54, 1.807) is 0 Å². The minimum atomic E-state index is 0.636. The molecule has 0 spiro atoms. The summed E-state index contributed by atoms with van der Waals surface area (Å²) in [5.41, 5.74) is 1.33. The summed E-state index contributed by atoms with van der Waals surface area (Å²) in [5.74, 6) is 0.636. The summed E-state index contributed by atoms with van der Waals surface area (Å²) >= 11 is 5.48. The van der Waals surface area contributed by atoms with Gasteiger partial charge in [0.1, 0.15) is 0 Å². The molecule has 1 rings (SSSR count). The second-order valence-corrected chi connectivity index (χ2v) is 4.96. The fourth-order valence-electron chi connectivity index (χ4n) is 1.66. The van der Waals surface area contributed by atoms with E-state index in [1.807, 2.05) is 6.07 Å². The zero-order valence-corrected chi connectivity index (χ0v) is 11.3. The van der Waals surface area contributed by atoms with Crippen molar-refractivity contribution in [2.75, 3.05) is 6.54 Å². The Morgan fingerprint density at radius 2 is 1.88 bits per heavy atom. The summed E-state index contributed by atoms with van der Waals surface area (Å²) in [6.45, 7) is 8.50. The Kier molecular flexibility index (Phi) is 5.47. The smallest absolute Gasteiger partial charge is 0.0784 e. The topological polar surface area (TPSA) is 3.24 Å². The van der Waals surface area contributed by atoms with E-state index in [0.29, 0.717) is 5.92 Å². The van der Waals surface area contributed by atoms with Crippen LogP contribution in [0.15, 0.2) is 30.3 Å². The molecule has 0 radical (unpaired) electrons. The van der Waals surface area contributed by atoms with Gasteiger partial charge in [-0.1, -0.05) is 56.4 Å². The quantitative estimate of drug-likeness (QED) is 0.712. The van der Waals surface area contributed by atoms with Crippen molar-refractivity contribution in [2.24, 2.45) is 5.92 Å². The van der Waals surface area contributed by atoms with Crippen LogP contribution in [0.1, 0.15) is 32.8 Å². The zero-order chi connectivity index (χ0) is 12.0. The number of hydrogen-bond acceptors (Lipinski definition) is 1. The van der Waals surface area contributed by atoms with Crippen molar-refractivity contribution in [3.63, 3.8) is 0 Å². The number of rotatable bonds is 5. The van der Waals surface area contributed by atoms with Crippen molar-refractivity contribution in [1.29, 1.82) is 0 Å². The van der Waals surface area contributed by atoms with Gasteiger partial charge in [0.25, 0.3) is 0 Å². The molecule has 0 saturated heterocycles. The van der Waals surface area contributed by atoms with E-state index in [4.69, 9.17) is 12.2 Å². The third-order valence-electron chi connectivity index (χ3n) is 2.53. The maximum atomic E-state index is 5.48. The summed E-state index contributed by atoms with van der Waals surface area (Å²) in [6.07, 6.45) is 1.01. The molecule has 0 amide bonds. The van der Waals surface area contributed by atoms with Crippen molar-refractivity contribution in [2.45, 2.75) is 33.7 Å². The molecule has 1 nitrogen and oxygen atoms in total. The van der Waals surface area contributed by atoms with Crippen LogP contribution in [0.2, 0.25) is 0 Å². The molecule has 16 heavy (non-hydrogen) atoms. The van der Waals surface area contributed by atoms with Gasteiger partial charge in [-0.3, -0.25) is 0 Å². The molecule has 1 aromatic rings. The predicted molar refractivity (Wildman–Crippen MR) is 74.6 cm³/mol. The van der Waals surface area contributed by atoms with Crippen LogP contribution >= 0.6 is 12.2 Å². The van der Waals surface area contributed by atoms with Gasteiger partial charge >= 0.3 is 0 Å². The zero-order valence-electron chi connectivity index (χ0n) is 10.4. The molecule has 0 aromatic heterocycles. The van der Waals surface area contributed by atoms with Crippen molar-refractivity contribution >= 4 is 17.2 Å². The molecule has 2 heteroatoms. The van der Waals surface area contributed by atoms with Crippen LogP contribution in [-0.4, -0.2) is 16.4 Å². The number of hydrogen-bond donors (Lipinski definition) is 0. The van der Waals surface area contributed by atoms with E-state index in [9.17, 15) is 0 Å². The minimum Gasteiger partial charge on any atom is -0.362 e. The first kappa shape index (κ1) is 13.2. The molecular formula is C14H21NS. The van der Waals surface area contributed by atoms with Gasteiger partial charge in [0.05, 0.1) is 4.99 Å². The third kappa shape index (κ3) is 4.31. The molecule has 0 fully saturated rings. The largest absolute Gasteiger partial charge is 0.362 e. The lowest BCUT2D eigenvalue weighted by atomic mass is 10.1. The Hall–Kier alpha value is -0.890. The lowest BCUT2D eigenvalue weighted by Crippen LogP contribution is -2.29. The van der Waals surface area contributed by atoms with Crippen LogP contribution in [0.4, 0.5) is 0 Å². The molecule has 0 aliphatic heterocycles. The molecule has 0 saturated carbocycles. The van der Waals surface area contributed by atoms with Crippen molar-refractivity contribution in [1.82, 2.24) is 4.90 Å². The SMILES string of the molecule is CCN(Cc1ccccc1)C(=S)CC(C)C. The fraction of sp³-hybridized carbons (Fsp3) is 0.500. The van der Waals surface area contributed by atoms with E-state index in [1.165, 1.54) is 5.56 Å². The standard InChI is InChI=1S/C14H21NS/c1-4-15(14(16)10-12(2)3)11-13-8-6-5-7-9-13/h5-9,12H,4,10-11H2,1-3H3. The fourth-order valence-corrected chi connectivity index (χ4v) is 2.19. The molecular weight excluding hydrogens is 214 g/mol. The van der Waals surface area contributed by atoms with Gasteiger partial charge in [-0.15, -0.1) is 0 Å². The Morgan fingerprint density at radius 1 is 1.25 bits per heavy atom. The Labute approximate surface area is 104 Å². The van der Waals surface area contributed by atoms with Crippen LogP contribution in [0.3, 0.4) is 0 Å². The van der Waals surface area contributed by atoms with Crippen LogP contribution in [0.5, 0.6) is 0 Å². The van der Waals surface area contributed by atoms with Crippen molar-refractivity contribution in [3.8, 4) is 0 Å². The second kappa shape index (κ2) is 6.64. The average molecular weight is 235 g/mol. The molecule has 0 N–H and O–H groups in total. The van der Waals surface area contributed by atoms with Crippen LogP contribution < -0.4 is 0 Å². The Morgan fingerprint density at radius 3 is 2.38 bits per heavy atom. The van der Waals surface area contributed by atoms with Gasteiger partial charge in [-0.25, -0.2) is 0 Å². The first-order chi connectivity index (χ1) is 7.63. The molecule has 0 aliphatic rings. The third-order valence-corrected chi connectivity index (χ3v) is 2.96. The van der Waals surface area contributed by atoms with E-state index in [-0.39, 0.29) is 0 Å². The maximum Gasteiger partial charge on any atom is 0.0784 e. The average Bonchev–Trinajstić information content (AvgIpc) is 2.26. The molecule has 88 valence electrons. The summed E-state index contributed by atoms with van der Waals surface area (Å²) in [5, 5.41) is 0. The molecule has 0 atom stereocenters. The van der Waals surface area contributed by atoms with E-state index in [0.717, 1.165) is 24.5 Å². The number of thiocarbonyl (C=S) groups is 1. The highest BCUT2D eigenvalue weighted by molar-refractivity contribution is 7.80. The predicted octanol–water partition coefficient (Wildman–Crippen LogP) is 3.88. The normalized spacial score (nSPS) is 10.5. The highest BCUT2D eigenvalue weighted by Gasteiger charge is 2.09. The van der Waals surface area contributed by atoms with Crippen LogP contribution in [0, 0.1) is 5.92 Å². The summed E-state index contributed by atoms with van der Waals surface area (Å²) in [7, 11) is 0. The first-order valence-electron chi connectivity index (χ1n) is 5.95. The van der Waals surface area contributed by atoms with Crippen molar-refractivity contribution in [3.05, 3.63) is 35.9 Å². The molecule has 0 bridgehead atoms. The molecule has 0 aliphatic carbocycles. The van der Waals surface area contributed by atoms with Gasteiger partial charge in [0, 0.05) is 19.5 Å².